The van der Waals surface area contributed by atoms with Crippen molar-refractivity contribution in [1.29, 1.82) is 0 Å². The largest absolute Gasteiger partial charge is 0.454 e. The van der Waals surface area contributed by atoms with Crippen LogP contribution in [0.5, 0.6) is 0 Å². The first-order chi connectivity index (χ1) is 13.5. The highest BCUT2D eigenvalue weighted by molar-refractivity contribution is 6.05. The number of ketones is 1. The molecule has 0 fully saturated rings. The van der Waals surface area contributed by atoms with Crippen molar-refractivity contribution in [2.45, 2.75) is 13.3 Å². The highest BCUT2D eigenvalue weighted by Crippen LogP contribution is 2.21. The van der Waals surface area contributed by atoms with Gasteiger partial charge in [0.05, 0.1) is 5.56 Å². The number of aryl methyl sites for hydroxylation is 1. The lowest BCUT2D eigenvalue weighted by molar-refractivity contribution is -0.118. The van der Waals surface area contributed by atoms with E-state index in [1.54, 1.807) is 18.3 Å². The van der Waals surface area contributed by atoms with Crippen LogP contribution in [0.15, 0.2) is 54.7 Å². The summed E-state index contributed by atoms with van der Waals surface area (Å²) in [6.45, 7) is 1.71. The number of para-hydroxylation sites is 1. The van der Waals surface area contributed by atoms with Gasteiger partial charge in [0.25, 0.3) is 0 Å². The van der Waals surface area contributed by atoms with Gasteiger partial charge in [-0.25, -0.2) is 4.79 Å². The lowest BCUT2D eigenvalue weighted by Crippen LogP contribution is -2.22. The van der Waals surface area contributed by atoms with Crippen LogP contribution in [0, 0.1) is 0 Å². The molecule has 0 saturated carbocycles. The van der Waals surface area contributed by atoms with Gasteiger partial charge in [0, 0.05) is 43.2 Å². The van der Waals surface area contributed by atoms with E-state index in [0.717, 1.165) is 16.5 Å². The van der Waals surface area contributed by atoms with E-state index in [1.165, 1.54) is 6.92 Å². The lowest BCUT2D eigenvalue weighted by Gasteiger charge is -2.06. The molecule has 0 atom stereocenters. The molecule has 1 aromatic heterocycles. The van der Waals surface area contributed by atoms with E-state index in [2.05, 4.69) is 5.32 Å². The smallest absolute Gasteiger partial charge is 0.340 e. The fourth-order valence-electron chi connectivity index (χ4n) is 3.04. The minimum atomic E-state index is -0.517. The maximum Gasteiger partial charge on any atom is 0.340 e. The summed E-state index contributed by atoms with van der Waals surface area (Å²) < 4.78 is 7.09. The highest BCUT2D eigenvalue weighted by Gasteiger charge is 2.17. The Labute approximate surface area is 163 Å². The standard InChI is InChI=1S/C22H22N2O4/c1-15(25)23-12-11-16-7-9-17(10-8-16)21(26)14-28-22(27)19-13-24(2)20-6-4-3-5-18(19)20/h3-10,13H,11-12,14H2,1-2H3,(H,23,25). The van der Waals surface area contributed by atoms with Crippen molar-refractivity contribution < 1.29 is 19.1 Å². The van der Waals surface area contributed by atoms with E-state index in [-0.39, 0.29) is 18.3 Å². The summed E-state index contributed by atoms with van der Waals surface area (Å²) in [5.74, 6) is -0.848. The summed E-state index contributed by atoms with van der Waals surface area (Å²) in [5, 5.41) is 3.53. The molecule has 0 spiro atoms. The number of Topliss-reactive ketones (excluding diaryl/α,β-unsaturated/α-hetero) is 1. The number of amides is 1. The summed E-state index contributed by atoms with van der Waals surface area (Å²) >= 11 is 0. The summed E-state index contributed by atoms with van der Waals surface area (Å²) in [7, 11) is 1.86. The number of aromatic nitrogens is 1. The van der Waals surface area contributed by atoms with Gasteiger partial charge in [-0.05, 0) is 18.1 Å². The molecule has 0 aliphatic carbocycles. The zero-order valence-corrected chi connectivity index (χ0v) is 15.9. The number of benzene rings is 2. The third kappa shape index (κ3) is 4.46. The van der Waals surface area contributed by atoms with Crippen molar-refractivity contribution in [2.75, 3.05) is 13.2 Å². The third-order valence-electron chi connectivity index (χ3n) is 4.51. The van der Waals surface area contributed by atoms with Gasteiger partial charge in [0.15, 0.2) is 12.4 Å². The maximum absolute atomic E-state index is 12.4. The summed E-state index contributed by atoms with van der Waals surface area (Å²) in [5.41, 5.74) is 2.86. The van der Waals surface area contributed by atoms with Crippen molar-refractivity contribution in [3.63, 3.8) is 0 Å². The number of rotatable bonds is 7. The fraction of sp³-hybridized carbons (Fsp3) is 0.227. The van der Waals surface area contributed by atoms with Crippen LogP contribution < -0.4 is 5.32 Å². The Hall–Kier alpha value is -3.41. The van der Waals surface area contributed by atoms with Crippen LogP contribution in [-0.4, -0.2) is 35.4 Å². The molecule has 6 nitrogen and oxygen atoms in total. The number of fused-ring (bicyclic) bond motifs is 1. The molecule has 0 radical (unpaired) electrons. The maximum atomic E-state index is 12.4. The zero-order valence-electron chi connectivity index (χ0n) is 15.9. The monoisotopic (exact) mass is 378 g/mol. The molecule has 1 amide bonds. The molecule has 1 heterocycles. The van der Waals surface area contributed by atoms with Crippen molar-refractivity contribution in [3.8, 4) is 0 Å². The van der Waals surface area contributed by atoms with Gasteiger partial charge in [-0.3, -0.25) is 9.59 Å². The Morgan fingerprint density at radius 2 is 1.75 bits per heavy atom. The number of nitrogens with zero attached hydrogens (tertiary/aromatic N) is 1. The number of nitrogens with one attached hydrogen (secondary N) is 1. The normalized spacial score (nSPS) is 10.6. The Bertz CT molecular complexity index is 1020. The summed E-state index contributed by atoms with van der Waals surface area (Å²) in [6, 6.07) is 14.6. The average Bonchev–Trinajstić information content (AvgIpc) is 3.03. The number of carbonyl (C=O) groups is 3. The van der Waals surface area contributed by atoms with Crippen molar-refractivity contribution in [2.24, 2.45) is 7.05 Å². The number of hydrogen-bond acceptors (Lipinski definition) is 4. The molecule has 2 aromatic carbocycles. The molecule has 0 saturated heterocycles. The molecule has 6 heteroatoms. The quantitative estimate of drug-likeness (QED) is 0.507. The molecule has 3 aromatic rings. The van der Waals surface area contributed by atoms with Gasteiger partial charge in [-0.2, -0.15) is 0 Å². The van der Waals surface area contributed by atoms with Crippen LogP contribution in [0.2, 0.25) is 0 Å². The lowest BCUT2D eigenvalue weighted by atomic mass is 10.1. The number of esters is 1. The Morgan fingerprint density at radius 1 is 1.04 bits per heavy atom. The SMILES string of the molecule is CC(=O)NCCc1ccc(C(=O)COC(=O)c2cn(C)c3ccccc23)cc1. The fourth-order valence-corrected chi connectivity index (χ4v) is 3.04. The van der Waals surface area contributed by atoms with Crippen LogP contribution in [-0.2, 0) is 23.0 Å². The van der Waals surface area contributed by atoms with Gasteiger partial charge in [-0.1, -0.05) is 42.5 Å². The topological polar surface area (TPSA) is 77.4 Å². The molecule has 144 valence electrons. The Balaban J connectivity index is 1.59. The van der Waals surface area contributed by atoms with E-state index in [1.807, 2.05) is 48.0 Å². The Morgan fingerprint density at radius 3 is 2.46 bits per heavy atom. The predicted octanol–water partition coefficient (Wildman–Crippen LogP) is 2.90. The van der Waals surface area contributed by atoms with Crippen LogP contribution in [0.3, 0.4) is 0 Å². The summed E-state index contributed by atoms with van der Waals surface area (Å²) in [4.78, 5) is 35.6. The first-order valence-corrected chi connectivity index (χ1v) is 9.03. The van der Waals surface area contributed by atoms with E-state index in [9.17, 15) is 14.4 Å². The molecule has 1 N–H and O–H groups in total. The predicted molar refractivity (Wildman–Crippen MR) is 106 cm³/mol. The van der Waals surface area contributed by atoms with Crippen molar-refractivity contribution >= 4 is 28.6 Å². The van der Waals surface area contributed by atoms with E-state index in [0.29, 0.717) is 24.1 Å². The van der Waals surface area contributed by atoms with E-state index in [4.69, 9.17) is 4.74 Å². The third-order valence-corrected chi connectivity index (χ3v) is 4.51. The van der Waals surface area contributed by atoms with Gasteiger partial charge in [0.1, 0.15) is 0 Å². The molecular formula is C22H22N2O4. The van der Waals surface area contributed by atoms with Gasteiger partial charge >= 0.3 is 5.97 Å². The van der Waals surface area contributed by atoms with Gasteiger partial charge in [-0.15, -0.1) is 0 Å². The molecule has 0 aliphatic rings. The second-order valence-corrected chi connectivity index (χ2v) is 6.60. The first kappa shape index (κ1) is 19.4. The van der Waals surface area contributed by atoms with Crippen LogP contribution >= 0.6 is 0 Å². The average molecular weight is 378 g/mol. The molecule has 0 unspecified atom stereocenters. The van der Waals surface area contributed by atoms with Crippen molar-refractivity contribution in [1.82, 2.24) is 9.88 Å². The number of hydrogen-bond donors (Lipinski definition) is 1. The minimum Gasteiger partial charge on any atom is -0.454 e. The van der Waals surface area contributed by atoms with Crippen LogP contribution in [0.1, 0.15) is 33.2 Å². The van der Waals surface area contributed by atoms with Gasteiger partial charge < -0.3 is 14.6 Å². The Kier molecular flexibility index (Phi) is 5.89. The molecule has 3 rings (SSSR count). The molecule has 0 bridgehead atoms. The van der Waals surface area contributed by atoms with Crippen LogP contribution in [0.25, 0.3) is 10.9 Å². The van der Waals surface area contributed by atoms with E-state index < -0.39 is 5.97 Å². The molecular weight excluding hydrogens is 356 g/mol. The van der Waals surface area contributed by atoms with Crippen LogP contribution in [0.4, 0.5) is 0 Å². The van der Waals surface area contributed by atoms with Gasteiger partial charge in [0.2, 0.25) is 5.91 Å². The first-order valence-electron chi connectivity index (χ1n) is 9.03. The second kappa shape index (κ2) is 8.52. The number of carbonyl (C=O) groups excluding carboxylic acids is 3. The number of ether oxygens (including phenoxy) is 1. The molecule has 0 aliphatic heterocycles. The summed E-state index contributed by atoms with van der Waals surface area (Å²) in [6.07, 6.45) is 2.39. The highest BCUT2D eigenvalue weighted by atomic mass is 16.5. The van der Waals surface area contributed by atoms with E-state index >= 15 is 0 Å². The second-order valence-electron chi connectivity index (χ2n) is 6.60. The molecule has 28 heavy (non-hydrogen) atoms. The minimum absolute atomic E-state index is 0.0696. The zero-order chi connectivity index (χ0) is 20.1. The van der Waals surface area contributed by atoms with Crippen molar-refractivity contribution in [3.05, 3.63) is 71.4 Å².